The molecule has 0 spiro atoms. The number of unbranched alkanes of at least 4 members (excludes halogenated alkanes) is 18. The van der Waals surface area contributed by atoms with Crippen LogP contribution in [0, 0.1) is 0 Å². The molecule has 0 saturated heterocycles. The summed E-state index contributed by atoms with van der Waals surface area (Å²) < 4.78 is 0. The standard InChI is InChI=1S/C28H58O2/c1-3-5-7-8-9-10-11-12-13-14-15-16-17-18-19-20-21-22-24-28(30)26-25-27(29)23-6-4-2/h27-30H,3-26H2,1-2H3/t27-,28+/m1/s1. The Hall–Kier alpha value is -0.0800. The third-order valence-electron chi connectivity index (χ3n) is 6.61. The molecule has 0 aliphatic carbocycles. The first-order chi connectivity index (χ1) is 14.7. The van der Waals surface area contributed by atoms with Crippen LogP contribution in [0.3, 0.4) is 0 Å². The molecule has 2 N–H and O–H groups in total. The Morgan fingerprint density at radius 2 is 0.600 bits per heavy atom. The average molecular weight is 427 g/mol. The Morgan fingerprint density at radius 1 is 0.333 bits per heavy atom. The van der Waals surface area contributed by atoms with Gasteiger partial charge in [0.15, 0.2) is 0 Å². The summed E-state index contributed by atoms with van der Waals surface area (Å²) in [6.45, 7) is 4.44. The number of aliphatic hydroxyl groups excluding tert-OH is 2. The van der Waals surface area contributed by atoms with Crippen molar-refractivity contribution in [3.05, 3.63) is 0 Å². The number of rotatable bonds is 25. The van der Waals surface area contributed by atoms with Crippen LogP contribution in [-0.4, -0.2) is 22.4 Å². The van der Waals surface area contributed by atoms with Crippen molar-refractivity contribution in [3.63, 3.8) is 0 Å². The average Bonchev–Trinajstić information content (AvgIpc) is 2.75. The van der Waals surface area contributed by atoms with Crippen molar-refractivity contribution in [1.82, 2.24) is 0 Å². The van der Waals surface area contributed by atoms with E-state index >= 15 is 0 Å². The molecule has 30 heavy (non-hydrogen) atoms. The molecule has 0 aliphatic rings. The van der Waals surface area contributed by atoms with Gasteiger partial charge in [0.25, 0.3) is 0 Å². The Morgan fingerprint density at radius 3 is 0.933 bits per heavy atom. The molecule has 0 rings (SSSR count). The van der Waals surface area contributed by atoms with Gasteiger partial charge in [-0.15, -0.1) is 0 Å². The van der Waals surface area contributed by atoms with E-state index in [4.69, 9.17) is 0 Å². The molecule has 0 amide bonds. The molecule has 182 valence electrons. The van der Waals surface area contributed by atoms with Crippen molar-refractivity contribution in [1.29, 1.82) is 0 Å². The van der Waals surface area contributed by atoms with Crippen LogP contribution in [-0.2, 0) is 0 Å². The fourth-order valence-corrected chi connectivity index (χ4v) is 4.39. The third-order valence-corrected chi connectivity index (χ3v) is 6.61. The number of hydrogen-bond donors (Lipinski definition) is 2. The van der Waals surface area contributed by atoms with Crippen LogP contribution in [0.5, 0.6) is 0 Å². The first-order valence-electron chi connectivity index (χ1n) is 14.1. The lowest BCUT2D eigenvalue weighted by Crippen LogP contribution is -2.13. The summed E-state index contributed by atoms with van der Waals surface area (Å²) in [7, 11) is 0. The van der Waals surface area contributed by atoms with E-state index in [0.717, 1.165) is 44.9 Å². The maximum atomic E-state index is 10.0. The third kappa shape index (κ3) is 24.2. The smallest absolute Gasteiger partial charge is 0.0541 e. The van der Waals surface area contributed by atoms with Crippen LogP contribution >= 0.6 is 0 Å². The molecule has 0 aromatic rings. The predicted octanol–water partition coefficient (Wildman–Crippen LogP) is 9.11. The highest BCUT2D eigenvalue weighted by atomic mass is 16.3. The fraction of sp³-hybridized carbons (Fsp3) is 1.00. The normalized spacial score (nSPS) is 13.6. The molecule has 0 fully saturated rings. The van der Waals surface area contributed by atoms with Gasteiger partial charge in [-0.05, 0) is 25.7 Å². The number of hydrogen-bond acceptors (Lipinski definition) is 2. The molecule has 0 aliphatic heterocycles. The summed E-state index contributed by atoms with van der Waals surface area (Å²) in [5.74, 6) is 0. The summed E-state index contributed by atoms with van der Waals surface area (Å²) >= 11 is 0. The van der Waals surface area contributed by atoms with Gasteiger partial charge >= 0.3 is 0 Å². The highest BCUT2D eigenvalue weighted by Gasteiger charge is 2.08. The van der Waals surface area contributed by atoms with Crippen molar-refractivity contribution < 1.29 is 10.2 Å². The summed E-state index contributed by atoms with van der Waals surface area (Å²) in [6, 6.07) is 0. The summed E-state index contributed by atoms with van der Waals surface area (Å²) in [6.07, 6.45) is 30.3. The quantitative estimate of drug-likeness (QED) is 0.143. The van der Waals surface area contributed by atoms with Gasteiger partial charge in [0.2, 0.25) is 0 Å². The molecule has 0 unspecified atom stereocenters. The molecule has 2 heteroatoms. The second-order valence-corrected chi connectivity index (χ2v) is 9.83. The first-order valence-corrected chi connectivity index (χ1v) is 14.1. The van der Waals surface area contributed by atoms with Gasteiger partial charge in [0, 0.05) is 0 Å². The summed E-state index contributed by atoms with van der Waals surface area (Å²) in [5.41, 5.74) is 0. The maximum Gasteiger partial charge on any atom is 0.0541 e. The van der Waals surface area contributed by atoms with E-state index in [2.05, 4.69) is 13.8 Å². The van der Waals surface area contributed by atoms with Gasteiger partial charge in [0.1, 0.15) is 0 Å². The zero-order chi connectivity index (χ0) is 22.1. The molecule has 0 radical (unpaired) electrons. The highest BCUT2D eigenvalue weighted by molar-refractivity contribution is 4.62. The first kappa shape index (κ1) is 29.9. The van der Waals surface area contributed by atoms with Crippen LogP contribution in [0.1, 0.15) is 168 Å². The second kappa shape index (κ2) is 25.2. The molecule has 2 atom stereocenters. The van der Waals surface area contributed by atoms with Gasteiger partial charge in [-0.3, -0.25) is 0 Å². The van der Waals surface area contributed by atoms with Crippen molar-refractivity contribution in [2.75, 3.05) is 0 Å². The second-order valence-electron chi connectivity index (χ2n) is 9.83. The van der Waals surface area contributed by atoms with E-state index < -0.39 is 0 Å². The molecule has 0 saturated carbocycles. The fourth-order valence-electron chi connectivity index (χ4n) is 4.39. The van der Waals surface area contributed by atoms with Crippen molar-refractivity contribution >= 4 is 0 Å². The minimum atomic E-state index is -0.208. The molecule has 0 bridgehead atoms. The van der Waals surface area contributed by atoms with Crippen LogP contribution < -0.4 is 0 Å². The Kier molecular flexibility index (Phi) is 25.1. The van der Waals surface area contributed by atoms with E-state index in [0.29, 0.717) is 0 Å². The lowest BCUT2D eigenvalue weighted by atomic mass is 10.0. The minimum Gasteiger partial charge on any atom is -0.393 e. The van der Waals surface area contributed by atoms with Crippen molar-refractivity contribution in [2.45, 2.75) is 180 Å². The van der Waals surface area contributed by atoms with Gasteiger partial charge < -0.3 is 10.2 Å². The van der Waals surface area contributed by atoms with E-state index in [-0.39, 0.29) is 12.2 Å². The molecular weight excluding hydrogens is 368 g/mol. The van der Waals surface area contributed by atoms with Crippen LogP contribution in [0.4, 0.5) is 0 Å². The molecule has 0 heterocycles. The topological polar surface area (TPSA) is 40.5 Å². The molecule has 0 aromatic carbocycles. The SMILES string of the molecule is CCCCCCCCCCCCCCCCCCCC[C@H](O)CC[C@H](O)CCCC. The van der Waals surface area contributed by atoms with Gasteiger partial charge in [-0.2, -0.15) is 0 Å². The molecule has 2 nitrogen and oxygen atoms in total. The van der Waals surface area contributed by atoms with E-state index in [9.17, 15) is 10.2 Å². The van der Waals surface area contributed by atoms with E-state index in [1.165, 1.54) is 109 Å². The minimum absolute atomic E-state index is 0.206. The Labute approximate surface area is 190 Å². The maximum absolute atomic E-state index is 10.0. The van der Waals surface area contributed by atoms with Crippen molar-refractivity contribution in [3.8, 4) is 0 Å². The Balaban J connectivity index is 3.15. The number of aliphatic hydroxyl groups is 2. The van der Waals surface area contributed by atoms with E-state index in [1.54, 1.807) is 0 Å². The summed E-state index contributed by atoms with van der Waals surface area (Å²) in [4.78, 5) is 0. The van der Waals surface area contributed by atoms with E-state index in [1.807, 2.05) is 0 Å². The van der Waals surface area contributed by atoms with Gasteiger partial charge in [-0.1, -0.05) is 142 Å². The van der Waals surface area contributed by atoms with Crippen molar-refractivity contribution in [2.24, 2.45) is 0 Å². The Bertz CT molecular complexity index is 305. The molecular formula is C28H58O2. The highest BCUT2D eigenvalue weighted by Crippen LogP contribution is 2.16. The van der Waals surface area contributed by atoms with Gasteiger partial charge in [-0.25, -0.2) is 0 Å². The van der Waals surface area contributed by atoms with Crippen LogP contribution in [0.25, 0.3) is 0 Å². The summed E-state index contributed by atoms with van der Waals surface area (Å²) in [5, 5.41) is 19.9. The largest absolute Gasteiger partial charge is 0.393 e. The van der Waals surface area contributed by atoms with Gasteiger partial charge in [0.05, 0.1) is 12.2 Å². The zero-order valence-electron chi connectivity index (χ0n) is 21.0. The van der Waals surface area contributed by atoms with Crippen LogP contribution in [0.15, 0.2) is 0 Å². The lowest BCUT2D eigenvalue weighted by Gasteiger charge is -2.14. The predicted molar refractivity (Wildman–Crippen MR) is 134 cm³/mol. The lowest BCUT2D eigenvalue weighted by molar-refractivity contribution is 0.101. The molecule has 0 aromatic heterocycles. The zero-order valence-corrected chi connectivity index (χ0v) is 21.0. The van der Waals surface area contributed by atoms with Crippen LogP contribution in [0.2, 0.25) is 0 Å². The monoisotopic (exact) mass is 426 g/mol.